The smallest absolute Gasteiger partial charge is 0.249 e. The summed E-state index contributed by atoms with van der Waals surface area (Å²) in [5.41, 5.74) is 0. The first kappa shape index (κ1) is 49.0. The van der Waals surface area contributed by atoms with E-state index in [1.165, 1.54) is 161 Å². The number of nitrogens with one attached hydrogen (secondary N) is 1. The molecule has 0 fully saturated rings. The maximum absolute atomic E-state index is 12.5. The molecule has 0 bridgehead atoms. The van der Waals surface area contributed by atoms with Crippen LogP contribution < -0.4 is 5.32 Å². The molecule has 50 heavy (non-hydrogen) atoms. The predicted molar refractivity (Wildman–Crippen MR) is 215 cm³/mol. The molecular weight excluding hydrogens is 622 g/mol. The number of aliphatic hydroxyl groups is 4. The van der Waals surface area contributed by atoms with Gasteiger partial charge in [0.15, 0.2) is 0 Å². The highest BCUT2D eigenvalue weighted by molar-refractivity contribution is 5.80. The number of hydrogen-bond acceptors (Lipinski definition) is 5. The lowest BCUT2D eigenvalue weighted by Crippen LogP contribution is -2.53. The van der Waals surface area contributed by atoms with Crippen molar-refractivity contribution in [2.24, 2.45) is 0 Å². The molecule has 0 saturated carbocycles. The number of rotatable bonds is 40. The molecule has 0 aliphatic heterocycles. The lowest BCUT2D eigenvalue weighted by molar-refractivity contribution is -0.132. The second kappa shape index (κ2) is 39.3. The van der Waals surface area contributed by atoms with Gasteiger partial charge in [0, 0.05) is 0 Å². The molecule has 6 nitrogen and oxygen atoms in total. The molecule has 4 unspecified atom stereocenters. The Kier molecular flexibility index (Phi) is 38.5. The van der Waals surface area contributed by atoms with Crippen LogP contribution in [0.4, 0.5) is 0 Å². The lowest BCUT2D eigenvalue weighted by Gasteiger charge is -2.27. The Morgan fingerprint density at radius 2 is 0.800 bits per heavy atom. The molecule has 0 rings (SSSR count). The number of amides is 1. The van der Waals surface area contributed by atoms with Crippen molar-refractivity contribution in [1.82, 2.24) is 5.32 Å². The van der Waals surface area contributed by atoms with E-state index in [0.717, 1.165) is 44.9 Å². The Hall–Kier alpha value is -0.950. The van der Waals surface area contributed by atoms with Gasteiger partial charge in [-0.2, -0.15) is 0 Å². The summed E-state index contributed by atoms with van der Waals surface area (Å²) in [4.78, 5) is 12.5. The third kappa shape index (κ3) is 32.9. The van der Waals surface area contributed by atoms with Crippen LogP contribution in [0.3, 0.4) is 0 Å². The number of carbonyl (C=O) groups is 1. The lowest BCUT2D eigenvalue weighted by atomic mass is 9.99. The fourth-order valence-corrected chi connectivity index (χ4v) is 6.93. The van der Waals surface area contributed by atoms with Gasteiger partial charge in [0.2, 0.25) is 5.91 Å². The molecular formula is C44H87NO5. The molecule has 298 valence electrons. The first-order valence-corrected chi connectivity index (χ1v) is 22.1. The van der Waals surface area contributed by atoms with Crippen molar-refractivity contribution in [2.45, 2.75) is 257 Å². The summed E-state index contributed by atoms with van der Waals surface area (Å²) in [6, 6.07) is -0.984. The number of carbonyl (C=O) groups excluding carboxylic acids is 1. The van der Waals surface area contributed by atoms with Crippen molar-refractivity contribution >= 4 is 5.91 Å². The summed E-state index contributed by atoms with van der Waals surface area (Å²) in [5, 5.41) is 43.7. The van der Waals surface area contributed by atoms with Crippen molar-refractivity contribution in [3.63, 3.8) is 0 Å². The molecule has 0 radical (unpaired) electrons. The van der Waals surface area contributed by atoms with E-state index < -0.39 is 36.9 Å². The molecule has 0 aliphatic rings. The SMILES string of the molecule is CCCCCCCCCCCC/C=C\CCCCCCCCC(O)C(=O)NC(CO)C(O)C(O)CCCCCCCCCCCCCCCC. The van der Waals surface area contributed by atoms with Crippen molar-refractivity contribution in [3.05, 3.63) is 12.2 Å². The highest BCUT2D eigenvalue weighted by Gasteiger charge is 2.28. The van der Waals surface area contributed by atoms with Crippen LogP contribution in [0.5, 0.6) is 0 Å². The summed E-state index contributed by atoms with van der Waals surface area (Å²) in [7, 11) is 0. The standard InChI is InChI=1S/C44H87NO5/c1-3-5-7-9-11-13-15-17-19-20-21-22-23-24-26-28-30-32-34-36-38-42(48)44(50)45-40(39-46)43(49)41(47)37-35-33-31-29-27-25-18-16-14-12-10-8-6-4-2/h22-23,40-43,46-49H,3-21,24-39H2,1-2H3,(H,45,50)/b23-22-. The normalized spacial score (nSPS) is 14.3. The molecule has 0 aliphatic carbocycles. The van der Waals surface area contributed by atoms with Gasteiger partial charge in [0.05, 0.1) is 18.8 Å². The zero-order valence-corrected chi connectivity index (χ0v) is 33.4. The Labute approximate surface area is 311 Å². The topological polar surface area (TPSA) is 110 Å². The maximum Gasteiger partial charge on any atom is 0.249 e. The number of unbranched alkanes of at least 4 members (excludes halogenated alkanes) is 29. The van der Waals surface area contributed by atoms with Crippen molar-refractivity contribution < 1.29 is 25.2 Å². The van der Waals surface area contributed by atoms with Crippen molar-refractivity contribution in [3.8, 4) is 0 Å². The Balaban J connectivity index is 3.73. The molecule has 0 aromatic heterocycles. The maximum atomic E-state index is 12.5. The van der Waals surface area contributed by atoms with Crippen molar-refractivity contribution in [1.29, 1.82) is 0 Å². The van der Waals surface area contributed by atoms with E-state index in [-0.39, 0.29) is 0 Å². The molecule has 0 aromatic carbocycles. The van der Waals surface area contributed by atoms with E-state index in [0.29, 0.717) is 12.8 Å². The van der Waals surface area contributed by atoms with Gasteiger partial charge in [-0.05, 0) is 38.5 Å². The van der Waals surface area contributed by atoms with E-state index in [1.54, 1.807) is 0 Å². The number of allylic oxidation sites excluding steroid dienone is 2. The van der Waals surface area contributed by atoms with Gasteiger partial charge >= 0.3 is 0 Å². The zero-order valence-electron chi connectivity index (χ0n) is 33.4. The van der Waals surface area contributed by atoms with E-state index in [9.17, 15) is 25.2 Å². The van der Waals surface area contributed by atoms with Crippen LogP contribution in [0.2, 0.25) is 0 Å². The monoisotopic (exact) mass is 710 g/mol. The highest BCUT2D eigenvalue weighted by atomic mass is 16.3. The van der Waals surface area contributed by atoms with Crippen LogP contribution >= 0.6 is 0 Å². The van der Waals surface area contributed by atoms with Crippen LogP contribution in [0.1, 0.15) is 232 Å². The summed E-state index contributed by atoms with van der Waals surface area (Å²) in [5.74, 6) is -0.587. The summed E-state index contributed by atoms with van der Waals surface area (Å²) >= 11 is 0. The van der Waals surface area contributed by atoms with E-state index in [1.807, 2.05) is 0 Å². The Morgan fingerprint density at radius 3 is 1.16 bits per heavy atom. The fraction of sp³-hybridized carbons (Fsp3) is 0.932. The first-order chi connectivity index (χ1) is 24.5. The van der Waals surface area contributed by atoms with E-state index in [2.05, 4.69) is 31.3 Å². The molecule has 5 N–H and O–H groups in total. The quantitative estimate of drug-likeness (QED) is 0.0321. The van der Waals surface area contributed by atoms with Gasteiger partial charge in [-0.1, -0.05) is 206 Å². The second-order valence-electron chi connectivity index (χ2n) is 15.4. The van der Waals surface area contributed by atoms with Gasteiger partial charge in [-0.3, -0.25) is 4.79 Å². The van der Waals surface area contributed by atoms with Gasteiger partial charge in [-0.15, -0.1) is 0 Å². The first-order valence-electron chi connectivity index (χ1n) is 22.1. The third-order valence-electron chi connectivity index (χ3n) is 10.5. The van der Waals surface area contributed by atoms with Crippen LogP contribution in [0.15, 0.2) is 12.2 Å². The van der Waals surface area contributed by atoms with E-state index >= 15 is 0 Å². The summed E-state index contributed by atoms with van der Waals surface area (Å²) < 4.78 is 0. The van der Waals surface area contributed by atoms with Crippen LogP contribution in [0, 0.1) is 0 Å². The highest BCUT2D eigenvalue weighted by Crippen LogP contribution is 2.16. The van der Waals surface area contributed by atoms with Crippen molar-refractivity contribution in [2.75, 3.05) is 6.61 Å². The minimum atomic E-state index is -1.26. The Morgan fingerprint density at radius 1 is 0.480 bits per heavy atom. The van der Waals surface area contributed by atoms with E-state index in [4.69, 9.17) is 0 Å². The molecule has 4 atom stereocenters. The van der Waals surface area contributed by atoms with Crippen LogP contribution in [0.25, 0.3) is 0 Å². The van der Waals surface area contributed by atoms with Crippen LogP contribution in [-0.4, -0.2) is 57.3 Å². The second-order valence-corrected chi connectivity index (χ2v) is 15.4. The molecule has 0 saturated heterocycles. The van der Waals surface area contributed by atoms with Gasteiger partial charge in [0.25, 0.3) is 0 Å². The van der Waals surface area contributed by atoms with Crippen LogP contribution in [-0.2, 0) is 4.79 Å². The largest absolute Gasteiger partial charge is 0.394 e. The molecule has 0 aromatic rings. The minimum Gasteiger partial charge on any atom is -0.394 e. The molecule has 6 heteroatoms. The average molecular weight is 710 g/mol. The minimum absolute atomic E-state index is 0.364. The summed E-state index contributed by atoms with van der Waals surface area (Å²) in [6.45, 7) is 4.05. The number of hydrogen-bond donors (Lipinski definition) is 5. The van der Waals surface area contributed by atoms with Gasteiger partial charge < -0.3 is 25.7 Å². The summed E-state index contributed by atoms with van der Waals surface area (Å²) in [6.07, 6.45) is 42.4. The zero-order chi connectivity index (χ0) is 36.8. The molecule has 0 spiro atoms. The van der Waals surface area contributed by atoms with Gasteiger partial charge in [-0.25, -0.2) is 0 Å². The third-order valence-corrected chi connectivity index (χ3v) is 10.5. The fourth-order valence-electron chi connectivity index (χ4n) is 6.93. The Bertz CT molecular complexity index is 717. The van der Waals surface area contributed by atoms with Gasteiger partial charge in [0.1, 0.15) is 12.2 Å². The average Bonchev–Trinajstić information content (AvgIpc) is 3.12. The molecule has 0 heterocycles. The molecule has 1 amide bonds. The predicted octanol–water partition coefficient (Wildman–Crippen LogP) is 11.4. The number of aliphatic hydroxyl groups excluding tert-OH is 4.